The molecule has 58 valence electrons. The van der Waals surface area contributed by atoms with Crippen LogP contribution in [0, 0.1) is 0 Å². The molecule has 2 unspecified atom stereocenters. The van der Waals surface area contributed by atoms with Crippen LogP contribution in [0.4, 0.5) is 0 Å². The van der Waals surface area contributed by atoms with Gasteiger partial charge in [0.15, 0.2) is 0 Å². The molecule has 1 fully saturated rings. The molecule has 3 nitrogen and oxygen atoms in total. The summed E-state index contributed by atoms with van der Waals surface area (Å²) in [6.45, 7) is 2.35. The standard InChI is InChI=1S/C7H12O3/c1-6-7(9,2-4-8)3-5-10-6/h4,6,9H,2-3,5H2,1H3. The number of aldehydes is 1. The van der Waals surface area contributed by atoms with Crippen LogP contribution in [0.25, 0.3) is 0 Å². The van der Waals surface area contributed by atoms with E-state index >= 15 is 0 Å². The molecular formula is C7H12O3. The highest BCUT2D eigenvalue weighted by atomic mass is 16.5. The maximum absolute atomic E-state index is 10.1. The normalized spacial score (nSPS) is 40.0. The summed E-state index contributed by atoms with van der Waals surface area (Å²) in [5, 5.41) is 9.60. The van der Waals surface area contributed by atoms with Crippen LogP contribution >= 0.6 is 0 Å². The second kappa shape index (κ2) is 2.68. The molecule has 1 aliphatic rings. The first-order valence-electron chi connectivity index (χ1n) is 3.47. The van der Waals surface area contributed by atoms with Crippen LogP contribution in [0.3, 0.4) is 0 Å². The zero-order chi connectivity index (χ0) is 7.61. The molecule has 1 aliphatic heterocycles. The summed E-state index contributed by atoms with van der Waals surface area (Å²) in [5.41, 5.74) is -0.887. The van der Waals surface area contributed by atoms with Gasteiger partial charge in [0.2, 0.25) is 0 Å². The highest BCUT2D eigenvalue weighted by Gasteiger charge is 2.38. The van der Waals surface area contributed by atoms with E-state index < -0.39 is 5.60 Å². The Balaban J connectivity index is 2.56. The number of carbonyl (C=O) groups excluding carboxylic acids is 1. The summed E-state index contributed by atoms with van der Waals surface area (Å²) in [4.78, 5) is 10.1. The molecule has 1 heterocycles. The van der Waals surface area contributed by atoms with Crippen molar-refractivity contribution in [3.63, 3.8) is 0 Å². The first-order chi connectivity index (χ1) is 4.69. The summed E-state index contributed by atoms with van der Waals surface area (Å²) in [6.07, 6.45) is 1.31. The van der Waals surface area contributed by atoms with Crippen molar-refractivity contribution in [3.8, 4) is 0 Å². The minimum Gasteiger partial charge on any atom is -0.387 e. The Morgan fingerprint density at radius 3 is 3.00 bits per heavy atom. The van der Waals surface area contributed by atoms with Gasteiger partial charge in [-0.25, -0.2) is 0 Å². The van der Waals surface area contributed by atoms with Gasteiger partial charge in [-0.15, -0.1) is 0 Å². The van der Waals surface area contributed by atoms with Crippen molar-refractivity contribution in [2.45, 2.75) is 31.5 Å². The van der Waals surface area contributed by atoms with E-state index in [1.165, 1.54) is 0 Å². The molecule has 1 saturated heterocycles. The first-order valence-corrected chi connectivity index (χ1v) is 3.47. The Bertz CT molecular complexity index is 135. The van der Waals surface area contributed by atoms with Gasteiger partial charge in [-0.3, -0.25) is 0 Å². The SMILES string of the molecule is CC1OCCC1(O)CC=O. The van der Waals surface area contributed by atoms with Gasteiger partial charge in [-0.2, -0.15) is 0 Å². The highest BCUT2D eigenvalue weighted by Crippen LogP contribution is 2.27. The second-order valence-corrected chi connectivity index (χ2v) is 2.74. The Morgan fingerprint density at radius 1 is 1.90 bits per heavy atom. The van der Waals surface area contributed by atoms with Crippen LogP contribution in [0.15, 0.2) is 0 Å². The van der Waals surface area contributed by atoms with Crippen molar-refractivity contribution in [3.05, 3.63) is 0 Å². The molecule has 10 heavy (non-hydrogen) atoms. The minimum atomic E-state index is -0.887. The molecule has 0 amide bonds. The minimum absolute atomic E-state index is 0.189. The largest absolute Gasteiger partial charge is 0.387 e. The van der Waals surface area contributed by atoms with Crippen LogP contribution in [0.1, 0.15) is 19.8 Å². The number of carbonyl (C=O) groups is 1. The molecule has 0 spiro atoms. The van der Waals surface area contributed by atoms with Gasteiger partial charge >= 0.3 is 0 Å². The summed E-state index contributed by atoms with van der Waals surface area (Å²) < 4.78 is 5.11. The average molecular weight is 144 g/mol. The molecule has 1 N–H and O–H groups in total. The lowest BCUT2D eigenvalue weighted by Crippen LogP contribution is -2.36. The molecule has 0 saturated carbocycles. The van der Waals surface area contributed by atoms with Crippen LogP contribution < -0.4 is 0 Å². The lowest BCUT2D eigenvalue weighted by Gasteiger charge is -2.22. The lowest BCUT2D eigenvalue weighted by molar-refractivity contribution is -0.114. The first kappa shape index (κ1) is 7.69. The molecule has 2 atom stereocenters. The number of rotatable bonds is 2. The summed E-state index contributed by atoms with van der Waals surface area (Å²) >= 11 is 0. The van der Waals surface area contributed by atoms with Gasteiger partial charge in [0.25, 0.3) is 0 Å². The Labute approximate surface area is 60.0 Å². The Kier molecular flexibility index (Phi) is 2.06. The molecule has 0 aromatic heterocycles. The third kappa shape index (κ3) is 1.20. The van der Waals surface area contributed by atoms with Crippen LogP contribution in [-0.2, 0) is 9.53 Å². The number of hydrogen-bond acceptors (Lipinski definition) is 3. The molecule has 0 aromatic rings. The number of ether oxygens (including phenoxy) is 1. The summed E-state index contributed by atoms with van der Waals surface area (Å²) in [5.74, 6) is 0. The van der Waals surface area contributed by atoms with Crippen LogP contribution in [0.2, 0.25) is 0 Å². The van der Waals surface area contributed by atoms with Crippen molar-refractivity contribution < 1.29 is 14.6 Å². The highest BCUT2D eigenvalue weighted by molar-refractivity contribution is 5.51. The maximum Gasteiger partial charge on any atom is 0.122 e. The molecular weight excluding hydrogens is 132 g/mol. The number of aliphatic hydroxyl groups is 1. The van der Waals surface area contributed by atoms with Gasteiger partial charge in [0.1, 0.15) is 6.29 Å². The summed E-state index contributed by atoms with van der Waals surface area (Å²) in [6, 6.07) is 0. The zero-order valence-corrected chi connectivity index (χ0v) is 6.04. The van der Waals surface area contributed by atoms with E-state index in [2.05, 4.69) is 0 Å². The molecule has 3 heteroatoms. The van der Waals surface area contributed by atoms with Crippen LogP contribution in [-0.4, -0.2) is 29.7 Å². The predicted molar refractivity (Wildman–Crippen MR) is 35.7 cm³/mol. The maximum atomic E-state index is 10.1. The fourth-order valence-corrected chi connectivity index (χ4v) is 1.18. The van der Waals surface area contributed by atoms with Gasteiger partial charge < -0.3 is 14.6 Å². The van der Waals surface area contributed by atoms with Crippen molar-refractivity contribution >= 4 is 6.29 Å². The van der Waals surface area contributed by atoms with E-state index in [9.17, 15) is 9.90 Å². The number of hydrogen-bond donors (Lipinski definition) is 1. The quantitative estimate of drug-likeness (QED) is 0.560. The van der Waals surface area contributed by atoms with E-state index in [-0.39, 0.29) is 12.5 Å². The van der Waals surface area contributed by atoms with E-state index in [1.807, 2.05) is 0 Å². The topological polar surface area (TPSA) is 46.5 Å². The van der Waals surface area contributed by atoms with Gasteiger partial charge in [-0.1, -0.05) is 0 Å². The zero-order valence-electron chi connectivity index (χ0n) is 6.04. The van der Waals surface area contributed by atoms with Crippen molar-refractivity contribution in [1.82, 2.24) is 0 Å². The molecule has 0 aliphatic carbocycles. The average Bonchev–Trinajstić information content (AvgIpc) is 2.15. The molecule has 1 rings (SSSR count). The lowest BCUT2D eigenvalue weighted by atomic mass is 9.94. The monoisotopic (exact) mass is 144 g/mol. The van der Waals surface area contributed by atoms with Gasteiger partial charge in [0, 0.05) is 19.4 Å². The van der Waals surface area contributed by atoms with Crippen molar-refractivity contribution in [2.75, 3.05) is 6.61 Å². The van der Waals surface area contributed by atoms with Crippen molar-refractivity contribution in [1.29, 1.82) is 0 Å². The Morgan fingerprint density at radius 2 is 2.60 bits per heavy atom. The van der Waals surface area contributed by atoms with Crippen molar-refractivity contribution in [2.24, 2.45) is 0 Å². The van der Waals surface area contributed by atoms with E-state index in [4.69, 9.17) is 4.74 Å². The van der Waals surface area contributed by atoms with E-state index in [1.54, 1.807) is 6.92 Å². The summed E-state index contributed by atoms with van der Waals surface area (Å²) in [7, 11) is 0. The molecule has 0 bridgehead atoms. The van der Waals surface area contributed by atoms with E-state index in [0.29, 0.717) is 13.0 Å². The third-order valence-corrected chi connectivity index (χ3v) is 2.10. The molecule has 0 radical (unpaired) electrons. The smallest absolute Gasteiger partial charge is 0.122 e. The third-order valence-electron chi connectivity index (χ3n) is 2.10. The van der Waals surface area contributed by atoms with Crippen LogP contribution in [0.5, 0.6) is 0 Å². The van der Waals surface area contributed by atoms with E-state index in [0.717, 1.165) is 6.29 Å². The fraction of sp³-hybridized carbons (Fsp3) is 0.857. The predicted octanol–water partition coefficient (Wildman–Crippen LogP) is 0.115. The fourth-order valence-electron chi connectivity index (χ4n) is 1.18. The Hall–Kier alpha value is -0.410. The van der Waals surface area contributed by atoms with Gasteiger partial charge in [-0.05, 0) is 6.92 Å². The second-order valence-electron chi connectivity index (χ2n) is 2.74. The van der Waals surface area contributed by atoms with Gasteiger partial charge in [0.05, 0.1) is 11.7 Å². The molecule has 0 aromatic carbocycles.